The fraction of sp³-hybridized carbons (Fsp3) is 0.462. The Morgan fingerprint density at radius 2 is 2.06 bits per heavy atom. The van der Waals surface area contributed by atoms with Crippen molar-refractivity contribution in [3.63, 3.8) is 0 Å². The van der Waals surface area contributed by atoms with Crippen molar-refractivity contribution in [2.45, 2.75) is 20.4 Å². The minimum atomic E-state index is 0.107. The number of nitrogens with one attached hydrogen (secondary N) is 1. The van der Waals surface area contributed by atoms with Gasteiger partial charge in [0.15, 0.2) is 0 Å². The number of benzene rings is 1. The van der Waals surface area contributed by atoms with Gasteiger partial charge in [0.05, 0.1) is 6.54 Å². The molecule has 0 atom stereocenters. The number of carbonyl (C=O) groups is 1. The molecule has 0 aliphatic heterocycles. The second kappa shape index (κ2) is 6.91. The van der Waals surface area contributed by atoms with Gasteiger partial charge in [0, 0.05) is 19.6 Å². The molecular formula is C13H20N2O2. The van der Waals surface area contributed by atoms with Crippen LogP contribution < -0.4 is 5.32 Å². The molecule has 0 unspecified atom stereocenters. The molecule has 0 aliphatic carbocycles. The molecule has 0 bridgehead atoms. The minimum Gasteiger partial charge on any atom is -0.508 e. The van der Waals surface area contributed by atoms with Gasteiger partial charge in [-0.3, -0.25) is 4.79 Å². The highest BCUT2D eigenvalue weighted by Gasteiger charge is 2.08. The number of hydrogen-bond acceptors (Lipinski definition) is 3. The van der Waals surface area contributed by atoms with E-state index in [2.05, 4.69) is 5.32 Å². The predicted octanol–water partition coefficient (Wildman–Crippen LogP) is 1.35. The zero-order chi connectivity index (χ0) is 12.7. The number of aromatic hydroxyl groups is 1. The Balaban J connectivity index is 2.35. The molecule has 0 saturated heterocycles. The molecule has 1 amide bonds. The molecule has 0 heterocycles. The Hall–Kier alpha value is -1.55. The average molecular weight is 236 g/mol. The number of carbonyl (C=O) groups excluding carboxylic acids is 1. The summed E-state index contributed by atoms with van der Waals surface area (Å²) in [6.45, 7) is 6.33. The topological polar surface area (TPSA) is 52.6 Å². The Morgan fingerprint density at radius 1 is 1.35 bits per heavy atom. The van der Waals surface area contributed by atoms with Crippen LogP contribution in [0.2, 0.25) is 0 Å². The summed E-state index contributed by atoms with van der Waals surface area (Å²) in [7, 11) is 0. The van der Waals surface area contributed by atoms with Gasteiger partial charge in [0.25, 0.3) is 0 Å². The van der Waals surface area contributed by atoms with E-state index in [1.165, 1.54) is 0 Å². The van der Waals surface area contributed by atoms with Crippen LogP contribution in [0.4, 0.5) is 0 Å². The van der Waals surface area contributed by atoms with Crippen molar-refractivity contribution in [2.24, 2.45) is 0 Å². The van der Waals surface area contributed by atoms with Crippen LogP contribution in [0.5, 0.6) is 5.75 Å². The first-order valence-corrected chi connectivity index (χ1v) is 5.93. The van der Waals surface area contributed by atoms with Gasteiger partial charge in [-0.05, 0) is 31.5 Å². The highest BCUT2D eigenvalue weighted by molar-refractivity contribution is 5.78. The second-order valence-corrected chi connectivity index (χ2v) is 3.84. The van der Waals surface area contributed by atoms with E-state index in [1.807, 2.05) is 19.9 Å². The maximum atomic E-state index is 11.7. The van der Waals surface area contributed by atoms with E-state index in [0.717, 1.165) is 18.7 Å². The molecule has 17 heavy (non-hydrogen) atoms. The molecule has 0 aromatic heterocycles. The molecule has 1 rings (SSSR count). The number of likely N-dealkylation sites (N-methyl/N-ethyl adjacent to an activating group) is 1. The summed E-state index contributed by atoms with van der Waals surface area (Å²) in [5.74, 6) is 0.356. The van der Waals surface area contributed by atoms with Crippen LogP contribution in [0.1, 0.15) is 19.4 Å². The van der Waals surface area contributed by atoms with Crippen LogP contribution in [-0.4, -0.2) is 35.5 Å². The Labute approximate surface area is 102 Å². The van der Waals surface area contributed by atoms with Gasteiger partial charge in [-0.1, -0.05) is 12.1 Å². The molecule has 1 aromatic rings. The highest BCUT2D eigenvalue weighted by atomic mass is 16.3. The van der Waals surface area contributed by atoms with Crippen molar-refractivity contribution in [3.8, 4) is 5.75 Å². The third-order valence-corrected chi connectivity index (χ3v) is 2.63. The largest absolute Gasteiger partial charge is 0.508 e. The van der Waals surface area contributed by atoms with Crippen molar-refractivity contribution in [1.29, 1.82) is 0 Å². The lowest BCUT2D eigenvalue weighted by Gasteiger charge is -2.18. The number of rotatable bonds is 6. The summed E-state index contributed by atoms with van der Waals surface area (Å²) in [6, 6.07) is 7.02. The number of phenolic OH excluding ortho intramolecular Hbond substituents is 1. The Morgan fingerprint density at radius 3 is 2.65 bits per heavy atom. The molecule has 1 aromatic carbocycles. The molecule has 0 fully saturated rings. The first-order valence-electron chi connectivity index (χ1n) is 5.93. The SMILES string of the molecule is CCN(CC)C(=O)CNCc1cccc(O)c1. The number of hydrogen-bond donors (Lipinski definition) is 2. The predicted molar refractivity (Wildman–Crippen MR) is 67.7 cm³/mol. The molecule has 0 spiro atoms. The zero-order valence-electron chi connectivity index (χ0n) is 10.4. The Bertz CT molecular complexity index is 362. The van der Waals surface area contributed by atoms with Gasteiger partial charge in [-0.25, -0.2) is 0 Å². The summed E-state index contributed by atoms with van der Waals surface area (Å²) in [5, 5.41) is 12.4. The van der Waals surface area contributed by atoms with Crippen LogP contribution in [0, 0.1) is 0 Å². The average Bonchev–Trinajstić information content (AvgIpc) is 2.30. The van der Waals surface area contributed by atoms with Crippen molar-refractivity contribution in [1.82, 2.24) is 10.2 Å². The monoisotopic (exact) mass is 236 g/mol. The smallest absolute Gasteiger partial charge is 0.236 e. The van der Waals surface area contributed by atoms with Gasteiger partial charge >= 0.3 is 0 Å². The summed E-state index contributed by atoms with van der Waals surface area (Å²) in [6.07, 6.45) is 0. The fourth-order valence-corrected chi connectivity index (χ4v) is 1.67. The lowest BCUT2D eigenvalue weighted by Crippen LogP contribution is -2.37. The summed E-state index contributed by atoms with van der Waals surface area (Å²) in [4.78, 5) is 13.5. The van der Waals surface area contributed by atoms with E-state index in [1.54, 1.807) is 23.1 Å². The maximum absolute atomic E-state index is 11.7. The van der Waals surface area contributed by atoms with Crippen molar-refractivity contribution < 1.29 is 9.90 Å². The third kappa shape index (κ3) is 4.44. The van der Waals surface area contributed by atoms with E-state index in [4.69, 9.17) is 0 Å². The molecular weight excluding hydrogens is 216 g/mol. The zero-order valence-corrected chi connectivity index (χ0v) is 10.4. The minimum absolute atomic E-state index is 0.107. The van der Waals surface area contributed by atoms with Gasteiger partial charge in [-0.2, -0.15) is 0 Å². The van der Waals surface area contributed by atoms with Crippen molar-refractivity contribution in [3.05, 3.63) is 29.8 Å². The first kappa shape index (κ1) is 13.5. The number of amides is 1. The summed E-state index contributed by atoms with van der Waals surface area (Å²) in [5.41, 5.74) is 0.970. The maximum Gasteiger partial charge on any atom is 0.236 e. The van der Waals surface area contributed by atoms with E-state index >= 15 is 0 Å². The molecule has 4 nitrogen and oxygen atoms in total. The van der Waals surface area contributed by atoms with Crippen LogP contribution in [0.3, 0.4) is 0 Å². The third-order valence-electron chi connectivity index (χ3n) is 2.63. The Kier molecular flexibility index (Phi) is 5.49. The van der Waals surface area contributed by atoms with E-state index in [9.17, 15) is 9.90 Å². The van der Waals surface area contributed by atoms with E-state index in [0.29, 0.717) is 13.1 Å². The first-order chi connectivity index (χ1) is 8.17. The summed E-state index contributed by atoms with van der Waals surface area (Å²) < 4.78 is 0. The van der Waals surface area contributed by atoms with Gasteiger partial charge in [0.2, 0.25) is 5.91 Å². The van der Waals surface area contributed by atoms with Crippen LogP contribution in [0.15, 0.2) is 24.3 Å². The van der Waals surface area contributed by atoms with Gasteiger partial charge in [0.1, 0.15) is 5.75 Å². The molecule has 2 N–H and O–H groups in total. The standard InChI is InChI=1S/C13H20N2O2/c1-3-15(4-2)13(17)10-14-9-11-6-5-7-12(16)8-11/h5-8,14,16H,3-4,9-10H2,1-2H3. The quantitative estimate of drug-likeness (QED) is 0.784. The summed E-state index contributed by atoms with van der Waals surface area (Å²) >= 11 is 0. The van der Waals surface area contributed by atoms with Gasteiger partial charge < -0.3 is 15.3 Å². The van der Waals surface area contributed by atoms with Crippen LogP contribution in [-0.2, 0) is 11.3 Å². The van der Waals surface area contributed by atoms with Gasteiger partial charge in [-0.15, -0.1) is 0 Å². The highest BCUT2D eigenvalue weighted by Crippen LogP contribution is 2.10. The van der Waals surface area contributed by atoms with Crippen LogP contribution >= 0.6 is 0 Å². The van der Waals surface area contributed by atoms with E-state index < -0.39 is 0 Å². The van der Waals surface area contributed by atoms with E-state index in [-0.39, 0.29) is 11.7 Å². The molecule has 0 radical (unpaired) electrons. The molecule has 0 saturated carbocycles. The fourth-order valence-electron chi connectivity index (χ4n) is 1.67. The lowest BCUT2D eigenvalue weighted by molar-refractivity contribution is -0.129. The number of phenols is 1. The lowest BCUT2D eigenvalue weighted by atomic mass is 10.2. The number of nitrogens with zero attached hydrogens (tertiary/aromatic N) is 1. The normalized spacial score (nSPS) is 10.2. The molecule has 4 heteroatoms. The van der Waals surface area contributed by atoms with Crippen molar-refractivity contribution in [2.75, 3.05) is 19.6 Å². The van der Waals surface area contributed by atoms with Crippen LogP contribution in [0.25, 0.3) is 0 Å². The molecule has 0 aliphatic rings. The van der Waals surface area contributed by atoms with Crippen molar-refractivity contribution >= 4 is 5.91 Å². The molecule has 94 valence electrons. The second-order valence-electron chi connectivity index (χ2n) is 3.84.